The Bertz CT molecular complexity index is 655. The van der Waals surface area contributed by atoms with Gasteiger partial charge in [-0.15, -0.1) is 16.6 Å². The number of amides is 1. The monoisotopic (exact) mass is 291 g/mol. The van der Waals surface area contributed by atoms with Gasteiger partial charge < -0.3 is 15.6 Å². The van der Waals surface area contributed by atoms with Gasteiger partial charge in [-0.05, 0) is 13.0 Å². The van der Waals surface area contributed by atoms with Gasteiger partial charge in [-0.25, -0.2) is 4.68 Å². The molecular formula is C12H13N5O2S. The number of aryl methyl sites for hydroxylation is 1. The highest BCUT2D eigenvalue weighted by molar-refractivity contribution is 7.99. The van der Waals surface area contributed by atoms with E-state index < -0.39 is 0 Å². The molecule has 2 aromatic heterocycles. The molecule has 0 bridgehead atoms. The molecule has 0 aliphatic carbocycles. The number of aromatic nitrogens is 3. The summed E-state index contributed by atoms with van der Waals surface area (Å²) >= 11 is 1.18. The molecule has 104 valence electrons. The predicted molar refractivity (Wildman–Crippen MR) is 75.2 cm³/mol. The summed E-state index contributed by atoms with van der Waals surface area (Å²) in [4.78, 5) is 11.4. The molecule has 2 rings (SSSR count). The van der Waals surface area contributed by atoms with Crippen LogP contribution in [-0.4, -0.2) is 33.1 Å². The summed E-state index contributed by atoms with van der Waals surface area (Å²) in [6.45, 7) is 2.01. The van der Waals surface area contributed by atoms with Gasteiger partial charge >= 0.3 is 0 Å². The van der Waals surface area contributed by atoms with Crippen LogP contribution in [0.25, 0.3) is 11.4 Å². The third kappa shape index (κ3) is 2.95. The van der Waals surface area contributed by atoms with Gasteiger partial charge in [-0.1, -0.05) is 17.7 Å². The lowest BCUT2D eigenvalue weighted by Crippen LogP contribution is -2.25. The van der Waals surface area contributed by atoms with Crippen LogP contribution in [-0.2, 0) is 4.79 Å². The van der Waals surface area contributed by atoms with Gasteiger partial charge in [0.25, 0.3) is 0 Å². The second-order valence-electron chi connectivity index (χ2n) is 3.84. The zero-order valence-electron chi connectivity index (χ0n) is 10.8. The van der Waals surface area contributed by atoms with Crippen molar-refractivity contribution in [2.24, 2.45) is 0 Å². The Morgan fingerprint density at radius 1 is 1.65 bits per heavy atom. The first-order chi connectivity index (χ1) is 9.63. The summed E-state index contributed by atoms with van der Waals surface area (Å²) in [5.74, 6) is 9.42. The van der Waals surface area contributed by atoms with Crippen molar-refractivity contribution in [3.05, 3.63) is 18.1 Å². The number of hydrogen-bond acceptors (Lipinski definition) is 6. The average molecular weight is 291 g/mol. The highest BCUT2D eigenvalue weighted by atomic mass is 32.2. The van der Waals surface area contributed by atoms with Crippen LogP contribution in [0.3, 0.4) is 0 Å². The molecule has 7 nitrogen and oxygen atoms in total. The Hall–Kier alpha value is -2.40. The Morgan fingerprint density at radius 2 is 2.45 bits per heavy atom. The number of nitrogens with two attached hydrogens (primary N) is 1. The minimum atomic E-state index is -0.183. The molecule has 2 aromatic rings. The smallest absolute Gasteiger partial charge is 0.231 e. The van der Waals surface area contributed by atoms with Crippen molar-refractivity contribution in [3.63, 3.8) is 0 Å². The van der Waals surface area contributed by atoms with Gasteiger partial charge in [0.15, 0.2) is 5.82 Å². The molecule has 0 unspecified atom stereocenters. The van der Waals surface area contributed by atoms with Gasteiger partial charge in [-0.3, -0.25) is 4.79 Å². The fraction of sp³-hybridized carbons (Fsp3) is 0.250. The fourth-order valence-electron chi connectivity index (χ4n) is 1.51. The van der Waals surface area contributed by atoms with Gasteiger partial charge in [0.05, 0.1) is 24.1 Å². The number of furan rings is 1. The van der Waals surface area contributed by atoms with Gasteiger partial charge in [0.1, 0.15) is 5.76 Å². The van der Waals surface area contributed by atoms with Crippen LogP contribution < -0.4 is 11.2 Å². The Morgan fingerprint density at radius 3 is 3.10 bits per heavy atom. The Balaban J connectivity index is 2.05. The quantitative estimate of drug-likeness (QED) is 0.470. The second kappa shape index (κ2) is 6.16. The lowest BCUT2D eigenvalue weighted by molar-refractivity contribution is -0.118. The molecule has 20 heavy (non-hydrogen) atoms. The fourth-order valence-corrected chi connectivity index (χ4v) is 2.19. The predicted octanol–water partition coefficient (Wildman–Crippen LogP) is 0.402. The number of carbonyl (C=O) groups is 1. The van der Waals surface area contributed by atoms with Crippen LogP contribution in [0.15, 0.2) is 21.9 Å². The van der Waals surface area contributed by atoms with Crippen molar-refractivity contribution in [2.45, 2.75) is 12.1 Å². The third-order valence-corrected chi connectivity index (χ3v) is 3.43. The molecule has 0 atom stereocenters. The SMILES string of the molecule is C#CCNC(=O)CSc1nnc(-c2ccoc2C)n1N. The maximum Gasteiger partial charge on any atom is 0.231 e. The van der Waals surface area contributed by atoms with E-state index in [2.05, 4.69) is 21.4 Å². The maximum absolute atomic E-state index is 11.4. The van der Waals surface area contributed by atoms with E-state index in [9.17, 15) is 4.79 Å². The summed E-state index contributed by atoms with van der Waals surface area (Å²) in [5, 5.41) is 11.0. The Kier molecular flexibility index (Phi) is 4.32. The van der Waals surface area contributed by atoms with Crippen molar-refractivity contribution in [2.75, 3.05) is 18.1 Å². The first-order valence-electron chi connectivity index (χ1n) is 5.71. The summed E-state index contributed by atoms with van der Waals surface area (Å²) in [6, 6.07) is 1.76. The molecule has 0 aliphatic rings. The maximum atomic E-state index is 11.4. The number of hydrogen-bond donors (Lipinski definition) is 2. The lowest BCUT2D eigenvalue weighted by Gasteiger charge is -2.03. The summed E-state index contributed by atoms with van der Waals surface area (Å²) in [7, 11) is 0. The van der Waals surface area contributed by atoms with Gasteiger partial charge in [0.2, 0.25) is 11.1 Å². The standard InChI is InChI=1S/C12H13N5O2S/c1-3-5-14-10(18)7-20-12-16-15-11(17(12)13)9-4-6-19-8(9)2/h1,4,6H,5,7,13H2,2H3,(H,14,18). The molecule has 1 amide bonds. The van der Waals surface area contributed by atoms with Crippen molar-refractivity contribution in [1.29, 1.82) is 0 Å². The summed E-state index contributed by atoms with van der Waals surface area (Å²) in [5.41, 5.74) is 0.767. The number of nitrogen functional groups attached to an aromatic ring is 1. The van der Waals surface area contributed by atoms with Crippen molar-refractivity contribution in [1.82, 2.24) is 20.2 Å². The van der Waals surface area contributed by atoms with Crippen LogP contribution in [0.4, 0.5) is 0 Å². The third-order valence-electron chi connectivity index (χ3n) is 2.48. The van der Waals surface area contributed by atoms with Gasteiger partial charge in [0, 0.05) is 0 Å². The van der Waals surface area contributed by atoms with E-state index in [0.29, 0.717) is 16.7 Å². The molecular weight excluding hydrogens is 278 g/mol. The molecule has 0 fully saturated rings. The first kappa shape index (κ1) is 14.0. The van der Waals surface area contributed by atoms with Crippen LogP contribution in [0.5, 0.6) is 0 Å². The number of carbonyl (C=O) groups excluding carboxylic acids is 1. The number of rotatable bonds is 5. The van der Waals surface area contributed by atoms with E-state index in [4.69, 9.17) is 16.7 Å². The number of nitrogens with zero attached hydrogens (tertiary/aromatic N) is 3. The van der Waals surface area contributed by atoms with E-state index in [1.807, 2.05) is 6.92 Å². The second-order valence-corrected chi connectivity index (χ2v) is 4.78. The van der Waals surface area contributed by atoms with Crippen LogP contribution >= 0.6 is 11.8 Å². The molecule has 0 aliphatic heterocycles. The minimum absolute atomic E-state index is 0.168. The van der Waals surface area contributed by atoms with E-state index in [1.54, 1.807) is 12.3 Å². The van der Waals surface area contributed by atoms with Crippen molar-refractivity contribution < 1.29 is 9.21 Å². The molecule has 0 saturated heterocycles. The molecule has 0 radical (unpaired) electrons. The van der Waals surface area contributed by atoms with Crippen LogP contribution in [0, 0.1) is 19.3 Å². The van der Waals surface area contributed by atoms with E-state index in [0.717, 1.165) is 5.56 Å². The summed E-state index contributed by atoms with van der Waals surface area (Å²) in [6.07, 6.45) is 6.61. The molecule has 3 N–H and O–H groups in total. The first-order valence-corrected chi connectivity index (χ1v) is 6.70. The molecule has 0 spiro atoms. The largest absolute Gasteiger partial charge is 0.469 e. The topological polar surface area (TPSA) is 99.0 Å². The van der Waals surface area contributed by atoms with Crippen LogP contribution in [0.1, 0.15) is 5.76 Å². The highest BCUT2D eigenvalue weighted by Gasteiger charge is 2.16. The van der Waals surface area contributed by atoms with Crippen molar-refractivity contribution >= 4 is 17.7 Å². The molecule has 2 heterocycles. The normalized spacial score (nSPS) is 10.2. The number of thioether (sulfide) groups is 1. The van der Waals surface area contributed by atoms with Crippen LogP contribution in [0.2, 0.25) is 0 Å². The van der Waals surface area contributed by atoms with E-state index in [-0.39, 0.29) is 18.2 Å². The average Bonchev–Trinajstić information content (AvgIpc) is 3.00. The molecule has 0 aromatic carbocycles. The lowest BCUT2D eigenvalue weighted by atomic mass is 10.2. The Labute approximate surface area is 119 Å². The zero-order valence-corrected chi connectivity index (χ0v) is 11.6. The van der Waals surface area contributed by atoms with Crippen molar-refractivity contribution in [3.8, 4) is 23.7 Å². The van der Waals surface area contributed by atoms with E-state index in [1.165, 1.54) is 16.4 Å². The van der Waals surface area contributed by atoms with Gasteiger partial charge in [-0.2, -0.15) is 0 Å². The molecule has 0 saturated carbocycles. The highest BCUT2D eigenvalue weighted by Crippen LogP contribution is 2.24. The number of nitrogens with one attached hydrogen (secondary N) is 1. The van der Waals surface area contributed by atoms with E-state index >= 15 is 0 Å². The summed E-state index contributed by atoms with van der Waals surface area (Å²) < 4.78 is 6.53. The minimum Gasteiger partial charge on any atom is -0.469 e. The number of terminal acetylenes is 1. The molecule has 8 heteroatoms. The zero-order chi connectivity index (χ0) is 14.5.